The fourth-order valence-corrected chi connectivity index (χ4v) is 2.52. The van der Waals surface area contributed by atoms with Gasteiger partial charge in [-0.1, -0.05) is 18.2 Å². The summed E-state index contributed by atoms with van der Waals surface area (Å²) in [6.07, 6.45) is -4.40. The van der Waals surface area contributed by atoms with Crippen LogP contribution in [0.25, 0.3) is 11.1 Å². The van der Waals surface area contributed by atoms with Crippen LogP contribution in [-0.2, 0) is 16.4 Å². The van der Waals surface area contributed by atoms with Crippen molar-refractivity contribution in [2.45, 2.75) is 6.18 Å². The van der Waals surface area contributed by atoms with Gasteiger partial charge in [0.2, 0.25) is 0 Å². The first-order valence-electron chi connectivity index (χ1n) is 6.40. The van der Waals surface area contributed by atoms with E-state index in [1.807, 2.05) is 0 Å². The van der Waals surface area contributed by atoms with Crippen LogP contribution in [0.15, 0.2) is 42.5 Å². The van der Waals surface area contributed by atoms with Crippen molar-refractivity contribution in [2.24, 2.45) is 5.14 Å². The topological polar surface area (TPSA) is 84.2 Å². The SMILES string of the molecule is CNc1cc(NS(N)(=O)=O)ccc1-c1ccc(C(F)(F)F)cc1. The van der Waals surface area contributed by atoms with Crippen LogP contribution >= 0.6 is 0 Å². The minimum Gasteiger partial charge on any atom is -0.388 e. The van der Waals surface area contributed by atoms with Gasteiger partial charge in [0.1, 0.15) is 0 Å². The quantitative estimate of drug-likeness (QED) is 0.796. The fraction of sp³-hybridized carbons (Fsp3) is 0.143. The van der Waals surface area contributed by atoms with E-state index in [1.165, 1.54) is 24.3 Å². The van der Waals surface area contributed by atoms with E-state index in [9.17, 15) is 21.6 Å². The van der Waals surface area contributed by atoms with Crippen LogP contribution in [-0.4, -0.2) is 15.5 Å². The molecule has 2 rings (SSSR count). The molecule has 0 amide bonds. The normalized spacial score (nSPS) is 12.0. The van der Waals surface area contributed by atoms with Crippen molar-refractivity contribution in [1.82, 2.24) is 0 Å². The highest BCUT2D eigenvalue weighted by molar-refractivity contribution is 7.90. The van der Waals surface area contributed by atoms with E-state index >= 15 is 0 Å². The largest absolute Gasteiger partial charge is 0.416 e. The Hall–Kier alpha value is -2.26. The van der Waals surface area contributed by atoms with E-state index in [2.05, 4.69) is 10.0 Å². The maximum atomic E-state index is 12.6. The van der Waals surface area contributed by atoms with Gasteiger partial charge in [0.05, 0.1) is 11.3 Å². The van der Waals surface area contributed by atoms with Crippen molar-refractivity contribution in [1.29, 1.82) is 0 Å². The smallest absolute Gasteiger partial charge is 0.388 e. The zero-order valence-electron chi connectivity index (χ0n) is 12.0. The second-order valence-electron chi connectivity index (χ2n) is 4.73. The van der Waals surface area contributed by atoms with Gasteiger partial charge in [-0.05, 0) is 29.8 Å². The molecule has 0 aromatic heterocycles. The molecule has 2 aromatic rings. The van der Waals surface area contributed by atoms with Gasteiger partial charge in [-0.3, -0.25) is 4.72 Å². The van der Waals surface area contributed by atoms with E-state index in [1.54, 1.807) is 13.1 Å². The van der Waals surface area contributed by atoms with Crippen molar-refractivity contribution in [3.05, 3.63) is 48.0 Å². The Morgan fingerprint density at radius 2 is 1.65 bits per heavy atom. The second-order valence-corrected chi connectivity index (χ2v) is 6.03. The first kappa shape index (κ1) is 17.1. The molecule has 5 nitrogen and oxygen atoms in total. The Labute approximate surface area is 131 Å². The average molecular weight is 345 g/mol. The molecule has 2 aromatic carbocycles. The Morgan fingerprint density at radius 1 is 1.04 bits per heavy atom. The number of hydrogen-bond acceptors (Lipinski definition) is 3. The molecular weight excluding hydrogens is 331 g/mol. The maximum absolute atomic E-state index is 12.6. The predicted octanol–water partition coefficient (Wildman–Crippen LogP) is 3.03. The Morgan fingerprint density at radius 3 is 2.13 bits per heavy atom. The Kier molecular flexibility index (Phi) is 4.53. The monoisotopic (exact) mass is 345 g/mol. The molecule has 0 radical (unpaired) electrons. The zero-order valence-corrected chi connectivity index (χ0v) is 12.8. The maximum Gasteiger partial charge on any atom is 0.416 e. The summed E-state index contributed by atoms with van der Waals surface area (Å²) in [6.45, 7) is 0. The third-order valence-corrected chi connectivity index (χ3v) is 3.59. The average Bonchev–Trinajstić information content (AvgIpc) is 2.44. The number of alkyl halides is 3. The lowest BCUT2D eigenvalue weighted by atomic mass is 10.0. The van der Waals surface area contributed by atoms with Crippen LogP contribution in [0.2, 0.25) is 0 Å². The van der Waals surface area contributed by atoms with E-state index < -0.39 is 21.9 Å². The van der Waals surface area contributed by atoms with Gasteiger partial charge < -0.3 is 5.32 Å². The summed E-state index contributed by atoms with van der Waals surface area (Å²) < 4.78 is 61.9. The Bertz CT molecular complexity index is 803. The highest BCUT2D eigenvalue weighted by atomic mass is 32.2. The van der Waals surface area contributed by atoms with E-state index in [4.69, 9.17) is 5.14 Å². The zero-order chi connectivity index (χ0) is 17.3. The van der Waals surface area contributed by atoms with Crippen molar-refractivity contribution in [3.8, 4) is 11.1 Å². The molecule has 4 N–H and O–H groups in total. The van der Waals surface area contributed by atoms with Crippen molar-refractivity contribution < 1.29 is 21.6 Å². The van der Waals surface area contributed by atoms with Gasteiger partial charge in [-0.2, -0.15) is 21.6 Å². The third-order valence-electron chi connectivity index (χ3n) is 3.07. The van der Waals surface area contributed by atoms with Gasteiger partial charge in [-0.15, -0.1) is 0 Å². The number of rotatable bonds is 4. The number of nitrogens with two attached hydrogens (primary N) is 1. The van der Waals surface area contributed by atoms with E-state index in [-0.39, 0.29) is 5.69 Å². The molecular formula is C14H14F3N3O2S. The third kappa shape index (κ3) is 4.36. The van der Waals surface area contributed by atoms with Crippen LogP contribution in [0.5, 0.6) is 0 Å². The lowest BCUT2D eigenvalue weighted by Crippen LogP contribution is -2.21. The summed E-state index contributed by atoms with van der Waals surface area (Å²) >= 11 is 0. The standard InChI is InChI=1S/C14H14F3N3O2S/c1-19-13-8-11(20-23(18,21)22)6-7-12(13)9-2-4-10(5-3-9)14(15,16)17/h2-8,19-20H,1H3,(H2,18,21,22). The van der Waals surface area contributed by atoms with Crippen LogP contribution in [0.1, 0.15) is 5.56 Å². The molecule has 124 valence electrons. The fourth-order valence-electron chi connectivity index (χ4n) is 2.07. The van der Waals surface area contributed by atoms with Crippen molar-refractivity contribution in [3.63, 3.8) is 0 Å². The van der Waals surface area contributed by atoms with E-state index in [0.717, 1.165) is 12.1 Å². The Balaban J connectivity index is 2.39. The van der Waals surface area contributed by atoms with Gasteiger partial charge in [0.15, 0.2) is 0 Å². The second kappa shape index (κ2) is 6.09. The predicted molar refractivity (Wildman–Crippen MR) is 83.2 cm³/mol. The number of benzene rings is 2. The summed E-state index contributed by atoms with van der Waals surface area (Å²) in [5.74, 6) is 0. The summed E-state index contributed by atoms with van der Waals surface area (Å²) in [6, 6.07) is 9.24. The minimum atomic E-state index is -4.40. The summed E-state index contributed by atoms with van der Waals surface area (Å²) in [5, 5.41) is 7.77. The van der Waals surface area contributed by atoms with Crippen LogP contribution in [0, 0.1) is 0 Å². The molecule has 0 aliphatic carbocycles. The lowest BCUT2D eigenvalue weighted by Gasteiger charge is -2.13. The molecule has 0 saturated heterocycles. The molecule has 0 saturated carbocycles. The highest BCUT2D eigenvalue weighted by Crippen LogP contribution is 2.34. The molecule has 0 aliphatic rings. The summed E-state index contributed by atoms with van der Waals surface area (Å²) in [5.41, 5.74) is 1.23. The van der Waals surface area contributed by atoms with Gasteiger partial charge in [0, 0.05) is 18.3 Å². The molecule has 0 unspecified atom stereocenters. The molecule has 0 heterocycles. The molecule has 23 heavy (non-hydrogen) atoms. The first-order valence-corrected chi connectivity index (χ1v) is 7.95. The molecule has 0 spiro atoms. The molecule has 0 aliphatic heterocycles. The number of hydrogen-bond donors (Lipinski definition) is 3. The minimum absolute atomic E-state index is 0.243. The summed E-state index contributed by atoms with van der Waals surface area (Å²) in [4.78, 5) is 0. The molecule has 9 heteroatoms. The van der Waals surface area contributed by atoms with Gasteiger partial charge in [-0.25, -0.2) is 5.14 Å². The van der Waals surface area contributed by atoms with Crippen LogP contribution in [0.3, 0.4) is 0 Å². The first-order chi connectivity index (χ1) is 10.6. The molecule has 0 bridgehead atoms. The van der Waals surface area contributed by atoms with Crippen molar-refractivity contribution in [2.75, 3.05) is 17.1 Å². The number of nitrogens with one attached hydrogen (secondary N) is 2. The molecule has 0 atom stereocenters. The summed E-state index contributed by atoms with van der Waals surface area (Å²) in [7, 11) is -2.29. The number of anilines is 2. The van der Waals surface area contributed by atoms with Crippen LogP contribution in [0.4, 0.5) is 24.5 Å². The number of halogens is 3. The molecule has 0 fully saturated rings. The van der Waals surface area contributed by atoms with Crippen LogP contribution < -0.4 is 15.2 Å². The van der Waals surface area contributed by atoms with Gasteiger partial charge in [0.25, 0.3) is 10.2 Å². The van der Waals surface area contributed by atoms with Gasteiger partial charge >= 0.3 is 6.18 Å². The lowest BCUT2D eigenvalue weighted by molar-refractivity contribution is -0.137. The highest BCUT2D eigenvalue weighted by Gasteiger charge is 2.30. The van der Waals surface area contributed by atoms with Crippen molar-refractivity contribution >= 4 is 21.6 Å². The van der Waals surface area contributed by atoms with E-state index in [0.29, 0.717) is 16.8 Å².